The second-order valence-corrected chi connectivity index (χ2v) is 4.44. The number of hydrogen-bond donors (Lipinski definition) is 2. The van der Waals surface area contributed by atoms with Crippen molar-refractivity contribution < 1.29 is 4.74 Å². The van der Waals surface area contributed by atoms with E-state index in [0.717, 1.165) is 25.7 Å². The first kappa shape index (κ1) is 9.68. The molecule has 74 valence electrons. The molecular formula is C10H11NOS2. The number of hydrogen-bond acceptors (Lipinski definition) is 4. The van der Waals surface area contributed by atoms with Crippen molar-refractivity contribution in [1.82, 2.24) is 0 Å². The maximum absolute atomic E-state index is 5.90. The molecule has 0 aliphatic rings. The van der Waals surface area contributed by atoms with Crippen LogP contribution in [0.3, 0.4) is 0 Å². The van der Waals surface area contributed by atoms with Gasteiger partial charge in [-0.15, -0.1) is 12.6 Å². The summed E-state index contributed by atoms with van der Waals surface area (Å²) < 4.78 is 6.57. The molecule has 14 heavy (non-hydrogen) atoms. The van der Waals surface area contributed by atoms with Gasteiger partial charge in [0.25, 0.3) is 0 Å². The topological polar surface area (TPSA) is 35.2 Å². The number of benzene rings is 1. The van der Waals surface area contributed by atoms with Gasteiger partial charge in [0, 0.05) is 21.0 Å². The number of thiophene rings is 1. The van der Waals surface area contributed by atoms with Crippen molar-refractivity contribution in [2.24, 2.45) is 0 Å². The van der Waals surface area contributed by atoms with Crippen molar-refractivity contribution in [3.63, 3.8) is 0 Å². The summed E-state index contributed by atoms with van der Waals surface area (Å²) in [6.45, 7) is 2.65. The van der Waals surface area contributed by atoms with Crippen LogP contribution in [-0.4, -0.2) is 6.61 Å². The second-order valence-electron chi connectivity index (χ2n) is 2.91. The van der Waals surface area contributed by atoms with Gasteiger partial charge < -0.3 is 10.5 Å². The fraction of sp³-hybridized carbons (Fsp3) is 0.200. The minimum atomic E-state index is 0.681. The molecular weight excluding hydrogens is 214 g/mol. The summed E-state index contributed by atoms with van der Waals surface area (Å²) in [6.07, 6.45) is 0. The fourth-order valence-corrected chi connectivity index (χ4v) is 2.49. The quantitative estimate of drug-likeness (QED) is 0.608. The molecule has 0 saturated heterocycles. The van der Waals surface area contributed by atoms with Crippen LogP contribution in [0.4, 0.5) is 5.69 Å². The average Bonchev–Trinajstić information content (AvgIpc) is 2.56. The highest BCUT2D eigenvalue weighted by molar-refractivity contribution is 7.80. The maximum atomic E-state index is 5.90. The van der Waals surface area contributed by atoms with Crippen LogP contribution in [0.1, 0.15) is 6.92 Å². The molecule has 0 radical (unpaired) electrons. The smallest absolute Gasteiger partial charge is 0.174 e. The second kappa shape index (κ2) is 3.71. The van der Waals surface area contributed by atoms with Gasteiger partial charge >= 0.3 is 0 Å². The van der Waals surface area contributed by atoms with Crippen LogP contribution in [0.5, 0.6) is 5.06 Å². The predicted octanol–water partition coefficient (Wildman–Crippen LogP) is 3.17. The summed E-state index contributed by atoms with van der Waals surface area (Å²) in [7, 11) is 0. The van der Waals surface area contributed by atoms with Gasteiger partial charge in [0.2, 0.25) is 0 Å². The van der Waals surface area contributed by atoms with E-state index in [1.165, 1.54) is 0 Å². The molecule has 4 heteroatoms. The molecule has 0 spiro atoms. The van der Waals surface area contributed by atoms with Crippen molar-refractivity contribution in [2.75, 3.05) is 12.3 Å². The van der Waals surface area contributed by atoms with E-state index < -0.39 is 0 Å². The number of nitrogen functional groups attached to an aromatic ring is 1. The van der Waals surface area contributed by atoms with Crippen molar-refractivity contribution >= 4 is 39.7 Å². The molecule has 0 amide bonds. The van der Waals surface area contributed by atoms with E-state index in [2.05, 4.69) is 12.6 Å². The van der Waals surface area contributed by atoms with Gasteiger partial charge in [0.15, 0.2) is 5.06 Å². The lowest BCUT2D eigenvalue weighted by atomic mass is 10.2. The highest BCUT2D eigenvalue weighted by Gasteiger charge is 2.06. The monoisotopic (exact) mass is 225 g/mol. The number of rotatable bonds is 2. The average molecular weight is 225 g/mol. The summed E-state index contributed by atoms with van der Waals surface area (Å²) in [5, 5.41) is 1.94. The third-order valence-corrected chi connectivity index (χ3v) is 3.39. The van der Waals surface area contributed by atoms with E-state index in [9.17, 15) is 0 Å². The fourth-order valence-electron chi connectivity index (χ4n) is 1.31. The Morgan fingerprint density at radius 1 is 1.50 bits per heavy atom. The number of nitrogens with two attached hydrogens (primary N) is 1. The largest absolute Gasteiger partial charge is 0.484 e. The predicted molar refractivity (Wildman–Crippen MR) is 64.7 cm³/mol. The first-order valence-corrected chi connectivity index (χ1v) is 5.62. The zero-order chi connectivity index (χ0) is 10.1. The van der Waals surface area contributed by atoms with Crippen LogP contribution < -0.4 is 10.5 Å². The molecule has 0 aliphatic heterocycles. The number of fused-ring (bicyclic) bond motifs is 1. The highest BCUT2D eigenvalue weighted by Crippen LogP contribution is 2.37. The summed E-state index contributed by atoms with van der Waals surface area (Å²) in [6, 6.07) is 5.90. The van der Waals surface area contributed by atoms with Crippen LogP contribution in [0.2, 0.25) is 0 Å². The third kappa shape index (κ3) is 1.55. The van der Waals surface area contributed by atoms with E-state index in [1.807, 2.05) is 25.1 Å². The van der Waals surface area contributed by atoms with Gasteiger partial charge in [-0.05, 0) is 19.1 Å². The van der Waals surface area contributed by atoms with Crippen molar-refractivity contribution in [2.45, 2.75) is 11.8 Å². The van der Waals surface area contributed by atoms with Crippen molar-refractivity contribution in [3.05, 3.63) is 18.2 Å². The molecule has 0 saturated carbocycles. The van der Waals surface area contributed by atoms with Crippen LogP contribution in [0, 0.1) is 0 Å². The molecule has 2 rings (SSSR count). The minimum absolute atomic E-state index is 0.681. The molecule has 2 N–H and O–H groups in total. The molecule has 1 heterocycles. The van der Waals surface area contributed by atoms with Crippen molar-refractivity contribution in [3.8, 4) is 5.06 Å². The van der Waals surface area contributed by atoms with Crippen LogP contribution in [0.25, 0.3) is 10.1 Å². The Balaban J connectivity index is 2.59. The molecule has 0 aliphatic carbocycles. The van der Waals surface area contributed by atoms with Gasteiger partial charge in [-0.1, -0.05) is 11.3 Å². The number of anilines is 1. The maximum Gasteiger partial charge on any atom is 0.174 e. The lowest BCUT2D eigenvalue weighted by Gasteiger charge is -1.98. The Morgan fingerprint density at radius 2 is 2.29 bits per heavy atom. The molecule has 0 fully saturated rings. The first-order chi connectivity index (χ1) is 6.72. The molecule has 0 atom stereocenters. The molecule has 1 aromatic heterocycles. The number of thiol groups is 1. The Hall–Kier alpha value is -0.870. The van der Waals surface area contributed by atoms with E-state index >= 15 is 0 Å². The summed E-state index contributed by atoms with van der Waals surface area (Å²) in [5.41, 5.74) is 6.63. The zero-order valence-corrected chi connectivity index (χ0v) is 9.49. The molecule has 0 unspecified atom stereocenters. The van der Waals surface area contributed by atoms with Crippen LogP contribution in [0.15, 0.2) is 23.1 Å². The first-order valence-electron chi connectivity index (χ1n) is 4.36. The van der Waals surface area contributed by atoms with Gasteiger partial charge in [-0.2, -0.15) is 0 Å². The lowest BCUT2D eigenvalue weighted by molar-refractivity contribution is 0.350. The van der Waals surface area contributed by atoms with Crippen LogP contribution in [-0.2, 0) is 0 Å². The normalized spacial score (nSPS) is 10.7. The summed E-state index contributed by atoms with van der Waals surface area (Å²) in [4.78, 5) is 0.818. The Morgan fingerprint density at radius 3 is 3.00 bits per heavy atom. The van der Waals surface area contributed by atoms with Gasteiger partial charge in [-0.25, -0.2) is 0 Å². The Labute approximate surface area is 92.1 Å². The Kier molecular flexibility index (Phi) is 2.56. The van der Waals surface area contributed by atoms with Gasteiger partial charge in [-0.3, -0.25) is 0 Å². The standard InChI is InChI=1S/C10H11NOS2/c1-2-12-9-5-6-8(14-9)4-3-7(13)10(6)11/h3-5,13H,2,11H2,1H3. The van der Waals surface area contributed by atoms with Crippen molar-refractivity contribution in [1.29, 1.82) is 0 Å². The SMILES string of the molecule is CCOc1cc2c(N)c(S)ccc2s1. The molecule has 0 bridgehead atoms. The molecule has 2 nitrogen and oxygen atoms in total. The van der Waals surface area contributed by atoms with Crippen LogP contribution >= 0.6 is 24.0 Å². The van der Waals surface area contributed by atoms with Gasteiger partial charge in [0.05, 0.1) is 12.3 Å². The lowest BCUT2D eigenvalue weighted by Crippen LogP contribution is -1.87. The van der Waals surface area contributed by atoms with E-state index in [-0.39, 0.29) is 0 Å². The minimum Gasteiger partial charge on any atom is -0.484 e. The van der Waals surface area contributed by atoms with E-state index in [4.69, 9.17) is 10.5 Å². The third-order valence-electron chi connectivity index (χ3n) is 1.98. The molecule has 2 aromatic rings. The number of ether oxygens (including phenoxy) is 1. The van der Waals surface area contributed by atoms with E-state index in [0.29, 0.717) is 6.61 Å². The molecule has 1 aromatic carbocycles. The Bertz CT molecular complexity index is 464. The van der Waals surface area contributed by atoms with E-state index in [1.54, 1.807) is 11.3 Å². The highest BCUT2D eigenvalue weighted by atomic mass is 32.1. The summed E-state index contributed by atoms with van der Waals surface area (Å²) >= 11 is 5.88. The van der Waals surface area contributed by atoms with Gasteiger partial charge in [0.1, 0.15) is 0 Å². The zero-order valence-electron chi connectivity index (χ0n) is 7.78. The summed E-state index contributed by atoms with van der Waals surface area (Å²) in [5.74, 6) is 0.